The maximum absolute atomic E-state index is 12.3. The van der Waals surface area contributed by atoms with Crippen molar-refractivity contribution in [2.24, 2.45) is 11.7 Å². The van der Waals surface area contributed by atoms with E-state index in [0.717, 1.165) is 19.4 Å². The standard InChI is InChI=1S/C15H20ClN3O2/c1-10(19-7-3-4-11(9-19)14(17)20)15(21)18-13-6-2-5-12(16)8-13/h2,5-6,8,10-11H,3-4,7,9H2,1H3,(H2,17,20)(H,18,21)/t10-,11+/m1/s1. The lowest BCUT2D eigenvalue weighted by Crippen LogP contribution is -2.49. The second-order valence-electron chi connectivity index (χ2n) is 5.41. The van der Waals surface area contributed by atoms with Gasteiger partial charge in [-0.2, -0.15) is 0 Å². The number of halogens is 1. The minimum Gasteiger partial charge on any atom is -0.369 e. The third kappa shape index (κ3) is 4.19. The van der Waals surface area contributed by atoms with Gasteiger partial charge in [0.15, 0.2) is 0 Å². The first-order chi connectivity index (χ1) is 9.97. The smallest absolute Gasteiger partial charge is 0.241 e. The summed E-state index contributed by atoms with van der Waals surface area (Å²) < 4.78 is 0. The van der Waals surface area contributed by atoms with Crippen LogP contribution in [-0.2, 0) is 9.59 Å². The van der Waals surface area contributed by atoms with Crippen LogP contribution in [0.2, 0.25) is 5.02 Å². The minimum atomic E-state index is -0.314. The zero-order valence-electron chi connectivity index (χ0n) is 12.0. The summed E-state index contributed by atoms with van der Waals surface area (Å²) in [5, 5.41) is 3.42. The third-order valence-electron chi connectivity index (χ3n) is 3.87. The van der Waals surface area contributed by atoms with E-state index >= 15 is 0 Å². The number of hydrogen-bond acceptors (Lipinski definition) is 3. The minimum absolute atomic E-state index is 0.109. The molecule has 3 N–H and O–H groups in total. The van der Waals surface area contributed by atoms with Gasteiger partial charge in [-0.15, -0.1) is 0 Å². The number of primary amides is 1. The van der Waals surface area contributed by atoms with Gasteiger partial charge in [0.1, 0.15) is 0 Å². The Morgan fingerprint density at radius 1 is 1.48 bits per heavy atom. The number of nitrogens with two attached hydrogens (primary N) is 1. The molecule has 1 saturated heterocycles. The lowest BCUT2D eigenvalue weighted by molar-refractivity contribution is -0.127. The predicted octanol–water partition coefficient (Wildman–Crippen LogP) is 1.86. The molecule has 21 heavy (non-hydrogen) atoms. The van der Waals surface area contributed by atoms with Crippen molar-refractivity contribution in [1.82, 2.24) is 4.90 Å². The molecule has 0 aromatic heterocycles. The Hall–Kier alpha value is -1.59. The molecule has 114 valence electrons. The van der Waals surface area contributed by atoms with Gasteiger partial charge in [-0.25, -0.2) is 0 Å². The third-order valence-corrected chi connectivity index (χ3v) is 4.11. The SMILES string of the molecule is C[C@H](C(=O)Nc1cccc(Cl)c1)N1CCC[C@H](C(N)=O)C1. The van der Waals surface area contributed by atoms with Gasteiger partial charge in [0.2, 0.25) is 11.8 Å². The fraction of sp³-hybridized carbons (Fsp3) is 0.467. The molecule has 1 fully saturated rings. The van der Waals surface area contributed by atoms with Crippen molar-refractivity contribution < 1.29 is 9.59 Å². The maximum atomic E-state index is 12.3. The molecular weight excluding hydrogens is 290 g/mol. The Morgan fingerprint density at radius 2 is 2.24 bits per heavy atom. The first-order valence-corrected chi connectivity index (χ1v) is 7.45. The first kappa shape index (κ1) is 15.8. The van der Waals surface area contributed by atoms with Crippen LogP contribution in [0.25, 0.3) is 0 Å². The summed E-state index contributed by atoms with van der Waals surface area (Å²) in [4.78, 5) is 25.6. The van der Waals surface area contributed by atoms with Crippen molar-refractivity contribution in [3.63, 3.8) is 0 Å². The molecule has 1 aromatic carbocycles. The number of hydrogen-bond donors (Lipinski definition) is 2. The number of anilines is 1. The number of carbonyl (C=O) groups excluding carboxylic acids is 2. The highest BCUT2D eigenvalue weighted by Crippen LogP contribution is 2.20. The zero-order chi connectivity index (χ0) is 15.4. The van der Waals surface area contributed by atoms with Crippen molar-refractivity contribution in [3.8, 4) is 0 Å². The maximum Gasteiger partial charge on any atom is 0.241 e. The fourth-order valence-electron chi connectivity index (χ4n) is 2.57. The van der Waals surface area contributed by atoms with E-state index in [1.54, 1.807) is 24.3 Å². The zero-order valence-corrected chi connectivity index (χ0v) is 12.8. The number of rotatable bonds is 4. The number of carbonyl (C=O) groups is 2. The van der Waals surface area contributed by atoms with E-state index in [9.17, 15) is 9.59 Å². The van der Waals surface area contributed by atoms with Gasteiger partial charge in [-0.1, -0.05) is 17.7 Å². The Balaban J connectivity index is 1.97. The summed E-state index contributed by atoms with van der Waals surface area (Å²) in [7, 11) is 0. The van der Waals surface area contributed by atoms with E-state index in [1.807, 2.05) is 11.8 Å². The van der Waals surface area contributed by atoms with Crippen LogP contribution >= 0.6 is 11.6 Å². The van der Waals surface area contributed by atoms with Crippen LogP contribution in [0.1, 0.15) is 19.8 Å². The van der Waals surface area contributed by atoms with Gasteiger partial charge in [0, 0.05) is 17.3 Å². The number of piperidine rings is 1. The second-order valence-corrected chi connectivity index (χ2v) is 5.85. The molecule has 2 rings (SSSR count). The van der Waals surface area contributed by atoms with Crippen molar-refractivity contribution in [2.45, 2.75) is 25.8 Å². The number of amides is 2. The van der Waals surface area contributed by atoms with Crippen LogP contribution in [0.15, 0.2) is 24.3 Å². The Morgan fingerprint density at radius 3 is 2.90 bits per heavy atom. The second kappa shape index (κ2) is 6.91. The molecule has 2 atom stereocenters. The van der Waals surface area contributed by atoms with Crippen molar-refractivity contribution in [1.29, 1.82) is 0 Å². The van der Waals surface area contributed by atoms with Gasteiger partial charge in [-0.05, 0) is 44.5 Å². The van der Waals surface area contributed by atoms with Crippen LogP contribution in [-0.4, -0.2) is 35.8 Å². The van der Waals surface area contributed by atoms with Crippen LogP contribution in [0, 0.1) is 5.92 Å². The molecule has 2 amide bonds. The van der Waals surface area contributed by atoms with E-state index in [-0.39, 0.29) is 23.8 Å². The van der Waals surface area contributed by atoms with Crippen LogP contribution in [0.4, 0.5) is 5.69 Å². The molecule has 0 radical (unpaired) electrons. The highest BCUT2D eigenvalue weighted by Gasteiger charge is 2.29. The topological polar surface area (TPSA) is 75.4 Å². The van der Waals surface area contributed by atoms with E-state index in [4.69, 9.17) is 17.3 Å². The molecular formula is C15H20ClN3O2. The Bertz CT molecular complexity index is 535. The lowest BCUT2D eigenvalue weighted by atomic mass is 9.96. The van der Waals surface area contributed by atoms with Gasteiger partial charge in [0.05, 0.1) is 12.0 Å². The molecule has 0 unspecified atom stereocenters. The molecule has 1 aliphatic rings. The summed E-state index contributed by atoms with van der Waals surface area (Å²) in [6.45, 7) is 3.18. The fourth-order valence-corrected chi connectivity index (χ4v) is 2.76. The molecule has 1 heterocycles. The van der Waals surface area contributed by atoms with Crippen LogP contribution in [0.3, 0.4) is 0 Å². The van der Waals surface area contributed by atoms with Gasteiger partial charge in [0.25, 0.3) is 0 Å². The highest BCUT2D eigenvalue weighted by atomic mass is 35.5. The normalized spacial score (nSPS) is 20.8. The summed E-state index contributed by atoms with van der Waals surface area (Å²) in [5.41, 5.74) is 6.03. The summed E-state index contributed by atoms with van der Waals surface area (Å²) in [6.07, 6.45) is 1.68. The number of likely N-dealkylation sites (tertiary alicyclic amines) is 1. The van der Waals surface area contributed by atoms with Crippen LogP contribution in [0.5, 0.6) is 0 Å². The Labute approximate surface area is 129 Å². The van der Waals surface area contributed by atoms with E-state index in [1.165, 1.54) is 0 Å². The Kier molecular flexibility index (Phi) is 5.20. The number of benzene rings is 1. The van der Waals surface area contributed by atoms with Crippen molar-refractivity contribution >= 4 is 29.1 Å². The molecule has 5 nitrogen and oxygen atoms in total. The van der Waals surface area contributed by atoms with Crippen molar-refractivity contribution in [2.75, 3.05) is 18.4 Å². The van der Waals surface area contributed by atoms with Gasteiger partial charge < -0.3 is 11.1 Å². The van der Waals surface area contributed by atoms with E-state index in [0.29, 0.717) is 17.3 Å². The van der Waals surface area contributed by atoms with Crippen molar-refractivity contribution in [3.05, 3.63) is 29.3 Å². The summed E-state index contributed by atoms with van der Waals surface area (Å²) in [6, 6.07) is 6.72. The van der Waals surface area contributed by atoms with E-state index in [2.05, 4.69) is 5.32 Å². The van der Waals surface area contributed by atoms with Crippen LogP contribution < -0.4 is 11.1 Å². The molecule has 1 aromatic rings. The number of nitrogens with one attached hydrogen (secondary N) is 1. The van der Waals surface area contributed by atoms with Gasteiger partial charge >= 0.3 is 0 Å². The quantitative estimate of drug-likeness (QED) is 0.891. The monoisotopic (exact) mass is 309 g/mol. The average molecular weight is 310 g/mol. The molecule has 0 aliphatic carbocycles. The molecule has 0 saturated carbocycles. The lowest BCUT2D eigenvalue weighted by Gasteiger charge is -2.34. The largest absolute Gasteiger partial charge is 0.369 e. The molecule has 0 spiro atoms. The van der Waals surface area contributed by atoms with E-state index < -0.39 is 0 Å². The first-order valence-electron chi connectivity index (χ1n) is 7.07. The molecule has 0 bridgehead atoms. The van der Waals surface area contributed by atoms with Gasteiger partial charge in [-0.3, -0.25) is 14.5 Å². The summed E-state index contributed by atoms with van der Waals surface area (Å²) >= 11 is 5.90. The highest BCUT2D eigenvalue weighted by molar-refractivity contribution is 6.30. The molecule has 1 aliphatic heterocycles. The summed E-state index contributed by atoms with van der Waals surface area (Å²) in [5.74, 6) is -0.565. The average Bonchev–Trinajstić information content (AvgIpc) is 2.46. The number of nitrogens with zero attached hydrogens (tertiary/aromatic N) is 1. The predicted molar refractivity (Wildman–Crippen MR) is 83.0 cm³/mol. The molecule has 6 heteroatoms.